The molecule has 3 aromatic rings. The summed E-state index contributed by atoms with van der Waals surface area (Å²) in [6.07, 6.45) is 3.78. The molecule has 0 bridgehead atoms. The Labute approximate surface area is 157 Å². The molecule has 5 nitrogen and oxygen atoms in total. The van der Waals surface area contributed by atoms with Crippen molar-refractivity contribution < 1.29 is 4.79 Å². The van der Waals surface area contributed by atoms with E-state index < -0.39 is 0 Å². The lowest BCUT2D eigenvalue weighted by molar-refractivity contribution is 0.0949. The van der Waals surface area contributed by atoms with Gasteiger partial charge in [-0.1, -0.05) is 60.1 Å². The summed E-state index contributed by atoms with van der Waals surface area (Å²) in [5.41, 5.74) is 2.44. The largest absolute Gasteiger partial charge is 0.365 e. The number of rotatable bonds is 7. The van der Waals surface area contributed by atoms with E-state index in [1.165, 1.54) is 11.8 Å². The van der Waals surface area contributed by atoms with Crippen LogP contribution in [0.15, 0.2) is 67.0 Å². The highest BCUT2D eigenvalue weighted by atomic mass is 35.5. The Balaban J connectivity index is 1.49. The van der Waals surface area contributed by atoms with E-state index >= 15 is 0 Å². The molecule has 1 heterocycles. The Morgan fingerprint density at radius 2 is 1.73 bits per heavy atom. The fourth-order valence-electron chi connectivity index (χ4n) is 2.42. The fraction of sp³-hybridized carbons (Fsp3) is 0.150. The van der Waals surface area contributed by atoms with Crippen molar-refractivity contribution in [2.24, 2.45) is 0 Å². The predicted molar refractivity (Wildman–Crippen MR) is 103 cm³/mol. The molecule has 0 unspecified atom stereocenters. The monoisotopic (exact) mass is 366 g/mol. The molecule has 0 saturated heterocycles. The first-order chi connectivity index (χ1) is 12.7. The minimum atomic E-state index is -0.230. The Morgan fingerprint density at radius 3 is 2.46 bits per heavy atom. The molecular weight excluding hydrogens is 348 g/mol. The maximum absolute atomic E-state index is 12.1. The van der Waals surface area contributed by atoms with Crippen molar-refractivity contribution in [3.8, 4) is 0 Å². The average Bonchev–Trinajstić information content (AvgIpc) is 2.68. The number of nitrogens with one attached hydrogen (secondary N) is 2. The van der Waals surface area contributed by atoms with Crippen molar-refractivity contribution in [1.29, 1.82) is 0 Å². The molecule has 26 heavy (non-hydrogen) atoms. The van der Waals surface area contributed by atoms with Crippen LogP contribution < -0.4 is 10.6 Å². The lowest BCUT2D eigenvalue weighted by Crippen LogP contribution is -2.26. The summed E-state index contributed by atoms with van der Waals surface area (Å²) in [4.78, 5) is 20.5. The van der Waals surface area contributed by atoms with E-state index in [0.717, 1.165) is 12.0 Å². The van der Waals surface area contributed by atoms with E-state index in [-0.39, 0.29) is 5.91 Å². The van der Waals surface area contributed by atoms with Gasteiger partial charge in [-0.2, -0.15) is 0 Å². The standard InChI is InChI=1S/C20H19ClN4O/c21-17-9-5-4-8-16(17)12-24-19-14-23-18(13-25-19)20(26)22-11-10-15-6-2-1-3-7-15/h1-9,13-14H,10-12H2,(H,22,26)(H,24,25). The van der Waals surface area contributed by atoms with Crippen LogP contribution in [0, 0.1) is 0 Å². The van der Waals surface area contributed by atoms with Crippen molar-refractivity contribution in [3.63, 3.8) is 0 Å². The average molecular weight is 367 g/mol. The highest BCUT2D eigenvalue weighted by Gasteiger charge is 2.08. The van der Waals surface area contributed by atoms with Gasteiger partial charge in [-0.15, -0.1) is 0 Å². The number of hydrogen-bond acceptors (Lipinski definition) is 4. The molecule has 0 fully saturated rings. The first-order valence-electron chi connectivity index (χ1n) is 8.34. The number of hydrogen-bond donors (Lipinski definition) is 2. The van der Waals surface area contributed by atoms with E-state index in [4.69, 9.17) is 11.6 Å². The Kier molecular flexibility index (Phi) is 6.17. The first kappa shape index (κ1) is 17.9. The number of carbonyl (C=O) groups excluding carboxylic acids is 1. The lowest BCUT2D eigenvalue weighted by atomic mass is 10.1. The fourth-order valence-corrected chi connectivity index (χ4v) is 2.62. The van der Waals surface area contributed by atoms with Crippen LogP contribution in [-0.4, -0.2) is 22.4 Å². The van der Waals surface area contributed by atoms with Crippen molar-refractivity contribution >= 4 is 23.3 Å². The minimum Gasteiger partial charge on any atom is -0.365 e. The van der Waals surface area contributed by atoms with Gasteiger partial charge in [0, 0.05) is 18.1 Å². The predicted octanol–water partition coefficient (Wildman–Crippen LogP) is 3.71. The van der Waals surface area contributed by atoms with Crippen LogP contribution in [-0.2, 0) is 13.0 Å². The zero-order valence-corrected chi connectivity index (χ0v) is 14.9. The maximum Gasteiger partial charge on any atom is 0.271 e. The molecule has 2 aromatic carbocycles. The zero-order chi connectivity index (χ0) is 18.2. The second-order valence-corrected chi connectivity index (χ2v) is 6.13. The molecule has 0 atom stereocenters. The molecule has 1 amide bonds. The molecule has 3 rings (SSSR count). The van der Waals surface area contributed by atoms with Gasteiger partial charge in [0.2, 0.25) is 0 Å². The summed E-state index contributed by atoms with van der Waals surface area (Å²) in [5.74, 6) is 0.358. The number of halogens is 1. The van der Waals surface area contributed by atoms with E-state index in [1.807, 2.05) is 54.6 Å². The van der Waals surface area contributed by atoms with Crippen LogP contribution in [0.3, 0.4) is 0 Å². The van der Waals surface area contributed by atoms with Crippen molar-refractivity contribution in [1.82, 2.24) is 15.3 Å². The second kappa shape index (κ2) is 8.97. The van der Waals surface area contributed by atoms with Crippen LogP contribution >= 0.6 is 11.6 Å². The molecule has 0 saturated carbocycles. The molecule has 0 radical (unpaired) electrons. The van der Waals surface area contributed by atoms with Crippen molar-refractivity contribution in [2.75, 3.05) is 11.9 Å². The number of nitrogens with zero attached hydrogens (tertiary/aromatic N) is 2. The Hall–Kier alpha value is -2.92. The van der Waals surface area contributed by atoms with Gasteiger partial charge in [0.15, 0.2) is 0 Å². The van der Waals surface area contributed by atoms with E-state index in [0.29, 0.717) is 29.6 Å². The molecule has 6 heteroatoms. The van der Waals surface area contributed by atoms with Crippen molar-refractivity contribution in [3.05, 3.63) is 88.8 Å². The number of amides is 1. The molecule has 2 N–H and O–H groups in total. The Morgan fingerprint density at radius 1 is 0.962 bits per heavy atom. The summed E-state index contributed by atoms with van der Waals surface area (Å²) in [6, 6.07) is 17.6. The Bertz CT molecular complexity index is 853. The SMILES string of the molecule is O=C(NCCc1ccccc1)c1cnc(NCc2ccccc2Cl)cn1. The number of carbonyl (C=O) groups is 1. The quantitative estimate of drug-likeness (QED) is 0.668. The van der Waals surface area contributed by atoms with Crippen molar-refractivity contribution in [2.45, 2.75) is 13.0 Å². The summed E-state index contributed by atoms with van der Waals surface area (Å²) in [7, 11) is 0. The topological polar surface area (TPSA) is 66.9 Å². The summed E-state index contributed by atoms with van der Waals surface area (Å²) in [5, 5.41) is 6.69. The second-order valence-electron chi connectivity index (χ2n) is 5.72. The molecular formula is C20H19ClN4O. The van der Waals surface area contributed by atoms with Gasteiger partial charge in [-0.05, 0) is 23.6 Å². The third-order valence-electron chi connectivity index (χ3n) is 3.84. The van der Waals surface area contributed by atoms with Crippen LogP contribution in [0.1, 0.15) is 21.6 Å². The van der Waals surface area contributed by atoms with E-state index in [1.54, 1.807) is 6.20 Å². The van der Waals surface area contributed by atoms with Crippen LogP contribution in [0.4, 0.5) is 5.82 Å². The minimum absolute atomic E-state index is 0.230. The number of anilines is 1. The summed E-state index contributed by atoms with van der Waals surface area (Å²) in [6.45, 7) is 1.09. The molecule has 0 aliphatic carbocycles. The highest BCUT2D eigenvalue weighted by molar-refractivity contribution is 6.31. The number of aromatic nitrogens is 2. The maximum atomic E-state index is 12.1. The zero-order valence-electron chi connectivity index (χ0n) is 14.2. The van der Waals surface area contributed by atoms with Gasteiger partial charge in [-0.3, -0.25) is 4.79 Å². The van der Waals surface area contributed by atoms with Gasteiger partial charge >= 0.3 is 0 Å². The van der Waals surface area contributed by atoms with Crippen LogP contribution in [0.5, 0.6) is 0 Å². The normalized spacial score (nSPS) is 10.3. The highest BCUT2D eigenvalue weighted by Crippen LogP contribution is 2.16. The van der Waals surface area contributed by atoms with Crippen LogP contribution in [0.25, 0.3) is 0 Å². The molecule has 0 spiro atoms. The third kappa shape index (κ3) is 5.04. The van der Waals surface area contributed by atoms with Gasteiger partial charge in [0.05, 0.1) is 12.4 Å². The van der Waals surface area contributed by atoms with Gasteiger partial charge in [0.25, 0.3) is 5.91 Å². The van der Waals surface area contributed by atoms with Gasteiger partial charge < -0.3 is 10.6 Å². The molecule has 0 aliphatic heterocycles. The number of benzene rings is 2. The van der Waals surface area contributed by atoms with Gasteiger partial charge in [-0.25, -0.2) is 9.97 Å². The molecule has 1 aromatic heterocycles. The van der Waals surface area contributed by atoms with Crippen LogP contribution in [0.2, 0.25) is 5.02 Å². The molecule has 0 aliphatic rings. The first-order valence-corrected chi connectivity index (χ1v) is 8.71. The summed E-state index contributed by atoms with van der Waals surface area (Å²) < 4.78 is 0. The van der Waals surface area contributed by atoms with E-state index in [9.17, 15) is 4.79 Å². The van der Waals surface area contributed by atoms with E-state index in [2.05, 4.69) is 20.6 Å². The summed E-state index contributed by atoms with van der Waals surface area (Å²) >= 11 is 6.12. The third-order valence-corrected chi connectivity index (χ3v) is 4.21. The van der Waals surface area contributed by atoms with Gasteiger partial charge in [0.1, 0.15) is 11.5 Å². The lowest BCUT2D eigenvalue weighted by Gasteiger charge is -2.08. The smallest absolute Gasteiger partial charge is 0.271 e. The molecule has 132 valence electrons.